The smallest absolute Gasteiger partial charge is 0.169 e. The lowest BCUT2D eigenvalue weighted by molar-refractivity contribution is 0.478. The van der Waals surface area contributed by atoms with E-state index < -0.39 is 0 Å². The molecule has 0 atom stereocenters. The molecule has 1 aliphatic heterocycles. The Labute approximate surface area is 97.0 Å². The maximum absolute atomic E-state index is 5.18. The summed E-state index contributed by atoms with van der Waals surface area (Å²) in [5.41, 5.74) is 1.22. The maximum atomic E-state index is 5.18. The van der Waals surface area contributed by atoms with E-state index in [1.165, 1.54) is 29.9 Å². The number of hydrogen-bond acceptors (Lipinski definition) is 3. The van der Waals surface area contributed by atoms with E-state index in [-0.39, 0.29) is 0 Å². The van der Waals surface area contributed by atoms with Gasteiger partial charge in [0.1, 0.15) is 0 Å². The van der Waals surface area contributed by atoms with Crippen LogP contribution in [0.1, 0.15) is 18.4 Å². The summed E-state index contributed by atoms with van der Waals surface area (Å²) in [5.74, 6) is 2.60. The van der Waals surface area contributed by atoms with Crippen molar-refractivity contribution >= 4 is 27.7 Å². The Hall–Kier alpha value is 0.0700. The van der Waals surface area contributed by atoms with Crippen molar-refractivity contribution in [2.45, 2.75) is 25.4 Å². The normalized spacial score (nSPS) is 18.6. The molecule has 0 saturated carbocycles. The molecule has 1 N–H and O–H groups in total. The van der Waals surface area contributed by atoms with E-state index >= 15 is 0 Å². The minimum atomic E-state index is 0.699. The molecule has 0 unspecified atom stereocenters. The third kappa shape index (κ3) is 3.04. The summed E-state index contributed by atoms with van der Waals surface area (Å²) < 4.78 is 5.99. The van der Waals surface area contributed by atoms with Crippen LogP contribution in [0.2, 0.25) is 0 Å². The molecule has 78 valence electrons. The average molecular weight is 276 g/mol. The number of hydrogen-bond donors (Lipinski definition) is 1. The van der Waals surface area contributed by atoms with Gasteiger partial charge in [0.2, 0.25) is 0 Å². The van der Waals surface area contributed by atoms with Gasteiger partial charge in [0.15, 0.2) is 4.67 Å². The third-order valence-corrected chi connectivity index (χ3v) is 3.90. The van der Waals surface area contributed by atoms with E-state index in [9.17, 15) is 0 Å². The average Bonchev–Trinajstić information content (AvgIpc) is 2.63. The predicted octanol–water partition coefficient (Wildman–Crippen LogP) is 3.03. The molecule has 0 amide bonds. The number of furan rings is 1. The van der Waals surface area contributed by atoms with Gasteiger partial charge >= 0.3 is 0 Å². The molecular weight excluding hydrogens is 262 g/mol. The maximum Gasteiger partial charge on any atom is 0.169 e. The van der Waals surface area contributed by atoms with Crippen LogP contribution in [0.3, 0.4) is 0 Å². The Morgan fingerprint density at radius 2 is 2.29 bits per heavy atom. The quantitative estimate of drug-likeness (QED) is 0.918. The summed E-state index contributed by atoms with van der Waals surface area (Å²) in [4.78, 5) is 0. The first kappa shape index (κ1) is 10.6. The third-order valence-electron chi connectivity index (χ3n) is 2.44. The largest absolute Gasteiger partial charge is 0.457 e. The zero-order valence-electron chi connectivity index (χ0n) is 7.96. The molecule has 0 aliphatic carbocycles. The Bertz CT molecular complexity index is 283. The van der Waals surface area contributed by atoms with Gasteiger partial charge in [-0.2, -0.15) is 11.8 Å². The lowest BCUT2D eigenvalue weighted by Crippen LogP contribution is -2.31. The van der Waals surface area contributed by atoms with Gasteiger partial charge in [-0.05, 0) is 46.3 Å². The van der Waals surface area contributed by atoms with Crippen molar-refractivity contribution < 1.29 is 4.42 Å². The molecule has 1 aliphatic rings. The van der Waals surface area contributed by atoms with Crippen LogP contribution in [0.25, 0.3) is 0 Å². The minimum absolute atomic E-state index is 0.699. The molecule has 0 bridgehead atoms. The highest BCUT2D eigenvalue weighted by Crippen LogP contribution is 2.18. The zero-order valence-corrected chi connectivity index (χ0v) is 10.4. The summed E-state index contributed by atoms with van der Waals surface area (Å²) in [6.07, 6.45) is 4.39. The van der Waals surface area contributed by atoms with Gasteiger partial charge in [0.25, 0.3) is 0 Å². The van der Waals surface area contributed by atoms with Crippen LogP contribution >= 0.6 is 27.7 Å². The molecule has 1 fully saturated rings. The van der Waals surface area contributed by atoms with Crippen molar-refractivity contribution in [2.75, 3.05) is 11.5 Å². The molecule has 0 aromatic carbocycles. The van der Waals surface area contributed by atoms with Gasteiger partial charge in [0, 0.05) is 18.2 Å². The fraction of sp³-hybridized carbons (Fsp3) is 0.600. The summed E-state index contributed by atoms with van der Waals surface area (Å²) in [6.45, 7) is 0.921. The van der Waals surface area contributed by atoms with Crippen LogP contribution in [0.5, 0.6) is 0 Å². The highest BCUT2D eigenvalue weighted by atomic mass is 79.9. The fourth-order valence-corrected chi connectivity index (χ4v) is 3.10. The van der Waals surface area contributed by atoms with Gasteiger partial charge in [-0.15, -0.1) is 0 Å². The Balaban J connectivity index is 1.76. The highest BCUT2D eigenvalue weighted by molar-refractivity contribution is 9.10. The van der Waals surface area contributed by atoms with Crippen molar-refractivity contribution in [3.05, 3.63) is 22.6 Å². The lowest BCUT2D eigenvalue weighted by atomic mass is 10.1. The van der Waals surface area contributed by atoms with E-state index in [4.69, 9.17) is 4.42 Å². The Morgan fingerprint density at radius 3 is 2.93 bits per heavy atom. The van der Waals surface area contributed by atoms with Crippen molar-refractivity contribution in [1.29, 1.82) is 0 Å². The number of nitrogens with one attached hydrogen (secondary N) is 1. The molecule has 2 rings (SSSR count). The van der Waals surface area contributed by atoms with E-state index in [1.807, 2.05) is 6.07 Å². The number of thioether (sulfide) groups is 1. The molecule has 14 heavy (non-hydrogen) atoms. The van der Waals surface area contributed by atoms with E-state index in [0.29, 0.717) is 6.04 Å². The van der Waals surface area contributed by atoms with Crippen molar-refractivity contribution in [3.63, 3.8) is 0 Å². The van der Waals surface area contributed by atoms with E-state index in [2.05, 4.69) is 33.0 Å². The second-order valence-corrected chi connectivity index (χ2v) is 5.53. The van der Waals surface area contributed by atoms with E-state index in [0.717, 1.165) is 11.2 Å². The van der Waals surface area contributed by atoms with Gasteiger partial charge in [-0.25, -0.2) is 0 Å². The lowest BCUT2D eigenvalue weighted by Gasteiger charge is -2.22. The van der Waals surface area contributed by atoms with Crippen LogP contribution in [-0.4, -0.2) is 17.5 Å². The second-order valence-electron chi connectivity index (χ2n) is 3.53. The second kappa shape index (κ2) is 5.24. The monoisotopic (exact) mass is 275 g/mol. The standard InChI is InChI=1S/C10H14BrNOS/c11-10-5-8(7-13-10)6-12-9-1-3-14-4-2-9/h5,7,9,12H,1-4,6H2. The predicted molar refractivity (Wildman–Crippen MR) is 63.6 cm³/mol. The van der Waals surface area contributed by atoms with Gasteiger partial charge in [0.05, 0.1) is 6.26 Å². The topological polar surface area (TPSA) is 25.2 Å². The molecule has 0 radical (unpaired) electrons. The van der Waals surface area contributed by atoms with Crippen LogP contribution in [0.4, 0.5) is 0 Å². The first-order valence-corrected chi connectivity index (χ1v) is 6.83. The zero-order chi connectivity index (χ0) is 9.80. The van der Waals surface area contributed by atoms with Crippen molar-refractivity contribution in [2.24, 2.45) is 0 Å². The molecule has 2 heterocycles. The summed E-state index contributed by atoms with van der Waals surface area (Å²) >= 11 is 5.36. The molecule has 2 nitrogen and oxygen atoms in total. The van der Waals surface area contributed by atoms with Gasteiger partial charge in [-0.1, -0.05) is 0 Å². The highest BCUT2D eigenvalue weighted by Gasteiger charge is 2.12. The minimum Gasteiger partial charge on any atom is -0.457 e. The SMILES string of the molecule is Brc1cc(CNC2CCSCC2)co1. The van der Waals surface area contributed by atoms with Crippen LogP contribution < -0.4 is 5.32 Å². The number of halogens is 1. The number of rotatable bonds is 3. The van der Waals surface area contributed by atoms with Crippen LogP contribution in [0.15, 0.2) is 21.4 Å². The van der Waals surface area contributed by atoms with E-state index in [1.54, 1.807) is 6.26 Å². The molecule has 1 saturated heterocycles. The summed E-state index contributed by atoms with van der Waals surface area (Å²) in [7, 11) is 0. The Morgan fingerprint density at radius 1 is 1.50 bits per heavy atom. The first-order valence-electron chi connectivity index (χ1n) is 4.88. The van der Waals surface area contributed by atoms with Crippen LogP contribution in [-0.2, 0) is 6.54 Å². The summed E-state index contributed by atoms with van der Waals surface area (Å²) in [5, 5.41) is 3.56. The fourth-order valence-electron chi connectivity index (χ4n) is 1.60. The first-order chi connectivity index (χ1) is 6.84. The van der Waals surface area contributed by atoms with Gasteiger partial charge < -0.3 is 9.73 Å². The van der Waals surface area contributed by atoms with Crippen molar-refractivity contribution in [1.82, 2.24) is 5.32 Å². The molecule has 1 aromatic heterocycles. The molecule has 4 heteroatoms. The summed E-state index contributed by atoms with van der Waals surface area (Å²) in [6, 6.07) is 2.72. The molecule has 0 spiro atoms. The molecule has 1 aromatic rings. The van der Waals surface area contributed by atoms with Gasteiger partial charge in [-0.3, -0.25) is 0 Å². The molecular formula is C10H14BrNOS. The van der Waals surface area contributed by atoms with Crippen LogP contribution in [0, 0.1) is 0 Å². The Kier molecular flexibility index (Phi) is 3.96. The van der Waals surface area contributed by atoms with Crippen molar-refractivity contribution in [3.8, 4) is 0 Å².